The molecular weight excluding hydrogens is 1060 g/mol. The molecule has 426 valence electrons. The van der Waals surface area contributed by atoms with Crippen LogP contribution in [0.4, 0.5) is 11.4 Å². The summed E-state index contributed by atoms with van der Waals surface area (Å²) in [6, 6.07) is 85.8. The normalized spacial score (nSPS) is 15.2. The van der Waals surface area contributed by atoms with Crippen LogP contribution in [0.15, 0.2) is 231 Å². The molecule has 0 bridgehead atoms. The van der Waals surface area contributed by atoms with Crippen LogP contribution in [0.25, 0.3) is 0 Å². The number of unbranched alkanes of at least 4 members (excludes halogenated alkanes) is 2. The third-order valence-corrected chi connectivity index (χ3v) is 27.9. The largest absolute Gasteiger partial charge is 0.715 e. The van der Waals surface area contributed by atoms with Crippen LogP contribution in [0.5, 0.6) is 11.5 Å². The summed E-state index contributed by atoms with van der Waals surface area (Å²) >= 11 is 0. The van der Waals surface area contributed by atoms with Gasteiger partial charge in [-0.15, -0.1) is 0 Å². The topological polar surface area (TPSA) is 24.5 Å². The second kappa shape index (κ2) is 24.8. The summed E-state index contributed by atoms with van der Waals surface area (Å²) < 4.78 is 19.5. The van der Waals surface area contributed by atoms with Gasteiger partial charge in [0.2, 0.25) is 0 Å². The second-order valence-corrected chi connectivity index (χ2v) is 31.5. The minimum atomic E-state index is -2.09. The van der Waals surface area contributed by atoms with Gasteiger partial charge < -0.3 is 9.47 Å². The van der Waals surface area contributed by atoms with Crippen molar-refractivity contribution in [3.63, 3.8) is 0 Å². The molecule has 3 heterocycles. The maximum atomic E-state index is 7.57. The van der Waals surface area contributed by atoms with Crippen molar-refractivity contribution in [1.82, 2.24) is 0 Å². The van der Waals surface area contributed by atoms with Crippen molar-refractivity contribution >= 4 is 70.2 Å². The predicted molar refractivity (Wildman–Crippen MR) is 362 cm³/mol. The maximum Gasteiger partial charge on any atom is 0.715 e. The summed E-state index contributed by atoms with van der Waals surface area (Å²) in [4.78, 5) is 0. The lowest BCUT2D eigenvalue weighted by atomic mass is 9.73. The molecule has 0 N–H and O–H groups in total. The Kier molecular flexibility index (Phi) is 17.3. The van der Waals surface area contributed by atoms with Gasteiger partial charge in [-0.2, -0.15) is 0 Å². The van der Waals surface area contributed by atoms with E-state index in [0.29, 0.717) is 0 Å². The average molecular weight is 1150 g/mol. The molecular formula is C78H86N2O2P2+4. The summed E-state index contributed by atoms with van der Waals surface area (Å²) in [5.41, 5.74) is 9.23. The SMILES string of the molecule is C.CCCCC(C)(CCCC)c1cc(C)c2c(c1)C=[N+]1c3ccccc3[N+]3=Cc4cc(C(C)(CCC[P+](c5ccccc5)(c5ccccc5)c5ccccc5)CCC[P+](c5ccccc5)(c5ccccc5)c5ccccc5)cc(C)c4OC13O2. The molecule has 3 aliphatic rings. The Bertz CT molecular complexity index is 3440. The number of aryl methyl sites for hydroxylation is 2. The molecule has 1 atom stereocenters. The molecule has 1 unspecified atom stereocenters. The van der Waals surface area contributed by atoms with Gasteiger partial charge in [-0.1, -0.05) is 194 Å². The zero-order valence-electron chi connectivity index (χ0n) is 49.7. The molecule has 12 rings (SSSR count). The first-order chi connectivity index (χ1) is 40.5. The maximum absolute atomic E-state index is 7.57. The van der Waals surface area contributed by atoms with Crippen LogP contribution < -0.4 is 41.3 Å². The van der Waals surface area contributed by atoms with Gasteiger partial charge in [0.05, 0.1) is 23.5 Å². The Morgan fingerprint density at radius 2 is 0.655 bits per heavy atom. The molecule has 6 heteroatoms. The molecule has 0 aromatic heterocycles. The Hall–Kier alpha value is -7.22. The number of rotatable bonds is 22. The van der Waals surface area contributed by atoms with Crippen molar-refractivity contribution in [2.45, 2.75) is 130 Å². The van der Waals surface area contributed by atoms with Crippen LogP contribution in [0.2, 0.25) is 0 Å². The van der Waals surface area contributed by atoms with Gasteiger partial charge in [-0.25, -0.2) is 0 Å². The van der Waals surface area contributed by atoms with Crippen molar-refractivity contribution in [2.24, 2.45) is 0 Å². The minimum Gasteiger partial charge on any atom is -0.340 e. The van der Waals surface area contributed by atoms with E-state index in [1.54, 1.807) is 0 Å². The van der Waals surface area contributed by atoms with Gasteiger partial charge in [0, 0.05) is 12.1 Å². The standard InChI is InChI=1S/C77H82N2O2P2.CH4/c1-7-9-47-75(5,48-10-8-2)63-53-59(3)73-61(55-63)57-78-71-45-29-30-46-72(71)79-58-62-56-64(54-60(4)74(62)81-77(78,79)80-73)76(6,49-31-51-82(65-33-17-11-18-34-65,66-35-19-12-20-36-66)67-37-21-13-22-38-67)50-32-52-83(68-39-23-14-24-40-68,69-41-25-15-26-42-69)70-43-27-16-28-44-70;/h11-30,33-46,53-58H,7-10,31-32,47-52H2,1-6H3;1H4/q+4;. The van der Waals surface area contributed by atoms with Crippen LogP contribution in [0.1, 0.15) is 133 Å². The summed E-state index contributed by atoms with van der Waals surface area (Å²) in [6.45, 7) is 14.2. The Morgan fingerprint density at radius 3 is 0.940 bits per heavy atom. The Morgan fingerprint density at radius 1 is 0.381 bits per heavy atom. The third-order valence-electron chi connectivity index (χ3n) is 18.8. The molecule has 9 aromatic rings. The number of para-hydroxylation sites is 2. The van der Waals surface area contributed by atoms with Crippen molar-refractivity contribution in [1.29, 1.82) is 0 Å². The molecule has 0 saturated heterocycles. The van der Waals surface area contributed by atoms with Crippen LogP contribution in [-0.2, 0) is 10.8 Å². The second-order valence-electron chi connectivity index (χ2n) is 24.3. The molecule has 0 radical (unpaired) electrons. The van der Waals surface area contributed by atoms with E-state index in [9.17, 15) is 0 Å². The molecule has 4 nitrogen and oxygen atoms in total. The highest BCUT2D eigenvalue weighted by Gasteiger charge is 2.72. The predicted octanol–water partition coefficient (Wildman–Crippen LogP) is 17.3. The van der Waals surface area contributed by atoms with Crippen LogP contribution >= 0.6 is 14.5 Å². The smallest absolute Gasteiger partial charge is 0.340 e. The summed E-state index contributed by atoms with van der Waals surface area (Å²) in [6.07, 6.45) is 18.1. The zero-order valence-corrected chi connectivity index (χ0v) is 51.5. The van der Waals surface area contributed by atoms with Crippen LogP contribution in [0.3, 0.4) is 0 Å². The lowest BCUT2D eigenvalue weighted by Gasteiger charge is -2.35. The summed E-state index contributed by atoms with van der Waals surface area (Å²) in [5, 5.41) is 8.61. The zero-order chi connectivity index (χ0) is 57.1. The third kappa shape index (κ3) is 10.6. The first kappa shape index (κ1) is 58.5. The van der Waals surface area contributed by atoms with E-state index in [-0.39, 0.29) is 18.3 Å². The van der Waals surface area contributed by atoms with E-state index < -0.39 is 20.6 Å². The highest BCUT2D eigenvalue weighted by atomic mass is 31.2. The first-order valence-electron chi connectivity index (χ1n) is 30.7. The van der Waals surface area contributed by atoms with E-state index in [2.05, 4.69) is 294 Å². The molecule has 0 fully saturated rings. The van der Waals surface area contributed by atoms with Gasteiger partial charge in [0.25, 0.3) is 11.4 Å². The van der Waals surface area contributed by atoms with Gasteiger partial charge in [0.1, 0.15) is 46.4 Å². The van der Waals surface area contributed by atoms with E-state index in [4.69, 9.17) is 9.47 Å². The fourth-order valence-electron chi connectivity index (χ4n) is 14.3. The van der Waals surface area contributed by atoms with Crippen molar-refractivity contribution in [3.8, 4) is 11.5 Å². The van der Waals surface area contributed by atoms with Gasteiger partial charge in [0.15, 0.2) is 23.9 Å². The molecule has 3 aliphatic heterocycles. The quantitative estimate of drug-likeness (QED) is 0.0499. The molecule has 0 amide bonds. The minimum absolute atomic E-state index is 0. The van der Waals surface area contributed by atoms with Crippen molar-refractivity contribution in [3.05, 3.63) is 264 Å². The van der Waals surface area contributed by atoms with Crippen molar-refractivity contribution in [2.75, 3.05) is 12.3 Å². The number of ether oxygens (including phenoxy) is 2. The van der Waals surface area contributed by atoms with E-state index in [1.165, 1.54) is 81.5 Å². The van der Waals surface area contributed by atoms with Crippen LogP contribution in [0, 0.1) is 13.8 Å². The first-order valence-corrected chi connectivity index (χ1v) is 34.7. The molecule has 1 spiro atoms. The number of nitrogens with zero attached hydrogens (tertiary/aromatic N) is 2. The molecule has 0 saturated carbocycles. The molecule has 84 heavy (non-hydrogen) atoms. The van der Waals surface area contributed by atoms with Crippen LogP contribution in [-0.4, -0.2) is 39.9 Å². The molecule has 0 aliphatic carbocycles. The lowest BCUT2D eigenvalue weighted by molar-refractivity contribution is -0.831. The van der Waals surface area contributed by atoms with Gasteiger partial charge in [-0.05, 0) is 180 Å². The van der Waals surface area contributed by atoms with Gasteiger partial charge in [-0.3, -0.25) is 0 Å². The fraction of sp³-hybridized carbons (Fsp3) is 0.282. The number of hydrogen-bond donors (Lipinski definition) is 0. The number of benzene rings is 9. The molecule has 9 aromatic carbocycles. The summed E-state index contributed by atoms with van der Waals surface area (Å²) in [7, 11) is -4.17. The lowest BCUT2D eigenvalue weighted by Crippen LogP contribution is -2.59. The van der Waals surface area contributed by atoms with E-state index in [1.807, 2.05) is 0 Å². The Balaban J connectivity index is 0.00000736. The fourth-order valence-corrected chi connectivity index (χ4v) is 23.0. The van der Waals surface area contributed by atoms with Crippen molar-refractivity contribution < 1.29 is 18.6 Å². The van der Waals surface area contributed by atoms with Gasteiger partial charge >= 0.3 is 6.03 Å². The summed E-state index contributed by atoms with van der Waals surface area (Å²) in [5.74, 6) is 1.75. The number of fused-ring (bicyclic) bond motifs is 5. The van der Waals surface area contributed by atoms with E-state index >= 15 is 0 Å². The van der Waals surface area contributed by atoms with E-state index in [0.717, 1.165) is 83.1 Å². The highest BCUT2D eigenvalue weighted by Crippen LogP contribution is 2.59. The average Bonchev–Trinajstić information content (AvgIpc) is 3.17. The Labute approximate surface area is 503 Å². The number of hydrogen-bond acceptors (Lipinski definition) is 2. The monoisotopic (exact) mass is 1140 g/mol. The highest BCUT2D eigenvalue weighted by molar-refractivity contribution is 7.96.